The van der Waals surface area contributed by atoms with Crippen LogP contribution in [-0.4, -0.2) is 29.7 Å². The van der Waals surface area contributed by atoms with Gasteiger partial charge in [-0.1, -0.05) is 6.92 Å². The summed E-state index contributed by atoms with van der Waals surface area (Å²) in [5.74, 6) is -0.333. The van der Waals surface area contributed by atoms with Crippen LogP contribution in [-0.2, 0) is 9.63 Å². The first kappa shape index (κ1) is 8.99. The van der Waals surface area contributed by atoms with E-state index in [4.69, 9.17) is 4.84 Å². The molecule has 1 aliphatic heterocycles. The van der Waals surface area contributed by atoms with Crippen molar-refractivity contribution in [1.82, 2.24) is 10.4 Å². The van der Waals surface area contributed by atoms with Crippen molar-refractivity contribution in [3.8, 4) is 0 Å². The number of carbonyl (C=O) groups is 2. The first-order valence-corrected chi connectivity index (χ1v) is 3.92. The lowest BCUT2D eigenvalue weighted by molar-refractivity contribution is -0.175. The molecule has 5 heteroatoms. The third kappa shape index (κ3) is 1.73. The van der Waals surface area contributed by atoms with Gasteiger partial charge in [-0.25, -0.2) is 4.79 Å². The van der Waals surface area contributed by atoms with Gasteiger partial charge in [0.1, 0.15) is 6.54 Å². The monoisotopic (exact) mass is 172 g/mol. The number of nitrogens with one attached hydrogen (secondary N) is 1. The van der Waals surface area contributed by atoms with Crippen molar-refractivity contribution >= 4 is 11.9 Å². The zero-order chi connectivity index (χ0) is 9.14. The SMILES string of the molecule is CCC(C)ON1C(=O)CNC1=O. The number of rotatable bonds is 3. The molecule has 1 atom stereocenters. The zero-order valence-corrected chi connectivity index (χ0v) is 7.16. The lowest BCUT2D eigenvalue weighted by Crippen LogP contribution is -2.34. The van der Waals surface area contributed by atoms with Gasteiger partial charge in [0.05, 0.1) is 6.10 Å². The van der Waals surface area contributed by atoms with Crippen LogP contribution in [0.4, 0.5) is 4.79 Å². The van der Waals surface area contributed by atoms with Gasteiger partial charge in [-0.05, 0) is 13.3 Å². The maximum atomic E-state index is 11.0. The zero-order valence-electron chi connectivity index (χ0n) is 7.16. The molecule has 0 aromatic carbocycles. The minimum Gasteiger partial charge on any atom is -0.327 e. The fourth-order valence-corrected chi connectivity index (χ4v) is 0.769. The summed E-state index contributed by atoms with van der Waals surface area (Å²) >= 11 is 0. The molecule has 1 unspecified atom stereocenters. The number of hydrogen-bond acceptors (Lipinski definition) is 3. The molecule has 3 amide bonds. The Morgan fingerprint density at radius 1 is 1.67 bits per heavy atom. The quantitative estimate of drug-likeness (QED) is 0.621. The van der Waals surface area contributed by atoms with Gasteiger partial charge in [0.2, 0.25) is 0 Å². The second-order valence-corrected chi connectivity index (χ2v) is 2.67. The summed E-state index contributed by atoms with van der Waals surface area (Å²) in [6.07, 6.45) is 0.648. The van der Waals surface area contributed by atoms with Crippen LogP contribution in [0, 0.1) is 0 Å². The molecule has 0 radical (unpaired) electrons. The van der Waals surface area contributed by atoms with E-state index < -0.39 is 6.03 Å². The van der Waals surface area contributed by atoms with E-state index in [0.717, 1.165) is 11.5 Å². The average Bonchev–Trinajstić information content (AvgIpc) is 2.35. The minimum atomic E-state index is -0.472. The molecular formula is C7H12N2O3. The van der Waals surface area contributed by atoms with Crippen molar-refractivity contribution in [3.63, 3.8) is 0 Å². The summed E-state index contributed by atoms with van der Waals surface area (Å²) in [7, 11) is 0. The largest absolute Gasteiger partial charge is 0.349 e. The average molecular weight is 172 g/mol. The third-order valence-corrected chi connectivity index (χ3v) is 1.66. The number of hydroxylamine groups is 2. The van der Waals surface area contributed by atoms with Crippen LogP contribution in [0.5, 0.6) is 0 Å². The molecular weight excluding hydrogens is 160 g/mol. The third-order valence-electron chi connectivity index (χ3n) is 1.66. The first-order valence-electron chi connectivity index (χ1n) is 3.92. The predicted octanol–water partition coefficient (Wildman–Crippen LogP) is 0.268. The van der Waals surface area contributed by atoms with Gasteiger partial charge >= 0.3 is 6.03 Å². The molecule has 0 spiro atoms. The first-order chi connectivity index (χ1) is 5.65. The molecule has 1 N–H and O–H groups in total. The highest BCUT2D eigenvalue weighted by Gasteiger charge is 2.30. The number of urea groups is 1. The second kappa shape index (κ2) is 3.53. The Hall–Kier alpha value is -1.10. The van der Waals surface area contributed by atoms with E-state index in [-0.39, 0.29) is 18.6 Å². The summed E-state index contributed by atoms with van der Waals surface area (Å²) in [6, 6.07) is -0.472. The lowest BCUT2D eigenvalue weighted by atomic mass is 10.3. The standard InChI is InChI=1S/C7H12N2O3/c1-3-5(2)12-9-6(10)4-8-7(9)11/h5H,3-4H2,1-2H3,(H,8,11). The van der Waals surface area contributed by atoms with Crippen LogP contribution >= 0.6 is 0 Å². The van der Waals surface area contributed by atoms with Crippen molar-refractivity contribution < 1.29 is 14.4 Å². The van der Waals surface area contributed by atoms with E-state index in [1.165, 1.54) is 0 Å². The van der Waals surface area contributed by atoms with E-state index in [2.05, 4.69) is 5.32 Å². The molecule has 0 aromatic rings. The van der Waals surface area contributed by atoms with Crippen molar-refractivity contribution in [2.75, 3.05) is 6.54 Å². The molecule has 12 heavy (non-hydrogen) atoms. The Balaban J connectivity index is 2.50. The van der Waals surface area contributed by atoms with Gasteiger partial charge < -0.3 is 5.32 Å². The minimum absolute atomic E-state index is 0.0370. The van der Waals surface area contributed by atoms with Gasteiger partial charge in [-0.15, -0.1) is 5.06 Å². The molecule has 0 bridgehead atoms. The van der Waals surface area contributed by atoms with Crippen LogP contribution in [0.25, 0.3) is 0 Å². The molecule has 1 saturated heterocycles. The fraction of sp³-hybridized carbons (Fsp3) is 0.714. The summed E-state index contributed by atoms with van der Waals surface area (Å²) in [5, 5.41) is 3.15. The van der Waals surface area contributed by atoms with Gasteiger partial charge in [0.25, 0.3) is 5.91 Å². The molecule has 0 aliphatic carbocycles. The Bertz CT molecular complexity index is 189. The summed E-state index contributed by atoms with van der Waals surface area (Å²) < 4.78 is 0. The van der Waals surface area contributed by atoms with E-state index >= 15 is 0 Å². The Labute approximate surface area is 70.6 Å². The van der Waals surface area contributed by atoms with E-state index in [0.29, 0.717) is 0 Å². The van der Waals surface area contributed by atoms with E-state index in [9.17, 15) is 9.59 Å². The molecule has 0 saturated carbocycles. The van der Waals surface area contributed by atoms with E-state index in [1.54, 1.807) is 6.92 Å². The normalized spacial score (nSPS) is 19.7. The Kier molecular flexibility index (Phi) is 2.65. The summed E-state index contributed by atoms with van der Waals surface area (Å²) in [6.45, 7) is 3.76. The Morgan fingerprint density at radius 2 is 2.33 bits per heavy atom. The number of nitrogens with zero attached hydrogens (tertiary/aromatic N) is 1. The van der Waals surface area contributed by atoms with Gasteiger partial charge in [-0.3, -0.25) is 9.63 Å². The molecule has 1 aliphatic rings. The highest BCUT2D eigenvalue weighted by atomic mass is 16.7. The summed E-state index contributed by atoms with van der Waals surface area (Å²) in [4.78, 5) is 26.9. The highest BCUT2D eigenvalue weighted by Crippen LogP contribution is 2.05. The predicted molar refractivity (Wildman–Crippen MR) is 41.1 cm³/mol. The fourth-order valence-electron chi connectivity index (χ4n) is 0.769. The van der Waals surface area contributed by atoms with Crippen LogP contribution < -0.4 is 5.32 Å². The van der Waals surface area contributed by atoms with Crippen LogP contribution in [0.2, 0.25) is 0 Å². The number of imide groups is 1. The topological polar surface area (TPSA) is 58.6 Å². The second-order valence-electron chi connectivity index (χ2n) is 2.67. The maximum absolute atomic E-state index is 11.0. The Morgan fingerprint density at radius 3 is 2.75 bits per heavy atom. The number of hydrogen-bond donors (Lipinski definition) is 1. The smallest absolute Gasteiger partial charge is 0.327 e. The highest BCUT2D eigenvalue weighted by molar-refractivity contribution is 6.00. The van der Waals surface area contributed by atoms with Gasteiger partial charge in [-0.2, -0.15) is 0 Å². The van der Waals surface area contributed by atoms with Crippen molar-refractivity contribution in [1.29, 1.82) is 0 Å². The lowest BCUT2D eigenvalue weighted by Gasteiger charge is -2.16. The van der Waals surface area contributed by atoms with E-state index in [1.807, 2.05) is 6.92 Å². The molecule has 0 aromatic heterocycles. The van der Waals surface area contributed by atoms with Crippen LogP contribution in [0.3, 0.4) is 0 Å². The van der Waals surface area contributed by atoms with Crippen molar-refractivity contribution in [3.05, 3.63) is 0 Å². The molecule has 1 fully saturated rings. The summed E-state index contributed by atoms with van der Waals surface area (Å²) in [5.41, 5.74) is 0. The number of carbonyl (C=O) groups excluding carboxylic acids is 2. The van der Waals surface area contributed by atoms with Gasteiger partial charge in [0.15, 0.2) is 0 Å². The number of amides is 3. The van der Waals surface area contributed by atoms with Crippen molar-refractivity contribution in [2.24, 2.45) is 0 Å². The molecule has 1 heterocycles. The molecule has 68 valence electrons. The van der Waals surface area contributed by atoms with Crippen LogP contribution in [0.1, 0.15) is 20.3 Å². The molecule has 5 nitrogen and oxygen atoms in total. The van der Waals surface area contributed by atoms with Gasteiger partial charge in [0, 0.05) is 0 Å². The maximum Gasteiger partial charge on any atom is 0.349 e. The molecule has 1 rings (SSSR count). The van der Waals surface area contributed by atoms with Crippen LogP contribution in [0.15, 0.2) is 0 Å². The van der Waals surface area contributed by atoms with Crippen molar-refractivity contribution in [2.45, 2.75) is 26.4 Å².